The van der Waals surface area contributed by atoms with Crippen LogP contribution in [-0.2, 0) is 10.2 Å². The topological polar surface area (TPSA) is 51.7 Å². The summed E-state index contributed by atoms with van der Waals surface area (Å²) >= 11 is 0. The summed E-state index contributed by atoms with van der Waals surface area (Å²) in [6.45, 7) is 5.02. The number of esters is 1. The first-order valence-electron chi connectivity index (χ1n) is 10.1. The summed E-state index contributed by atoms with van der Waals surface area (Å²) < 4.78 is 11.2. The number of hydrogen-bond donors (Lipinski definition) is 0. The molecule has 2 atom stereocenters. The second kappa shape index (κ2) is 7.64. The summed E-state index contributed by atoms with van der Waals surface area (Å²) in [6.07, 6.45) is 8.06. The van der Waals surface area contributed by atoms with Gasteiger partial charge in [0.2, 0.25) is 0 Å². The van der Waals surface area contributed by atoms with E-state index in [4.69, 9.17) is 9.47 Å². The van der Waals surface area contributed by atoms with Crippen LogP contribution >= 0.6 is 0 Å². The third-order valence-electron chi connectivity index (χ3n) is 6.62. The summed E-state index contributed by atoms with van der Waals surface area (Å²) in [5.41, 5.74) is 3.94. The summed E-state index contributed by atoms with van der Waals surface area (Å²) in [4.78, 5) is 19.1. The van der Waals surface area contributed by atoms with Crippen LogP contribution in [0.3, 0.4) is 0 Å². The van der Waals surface area contributed by atoms with E-state index in [0.717, 1.165) is 48.4 Å². The van der Waals surface area contributed by atoms with Gasteiger partial charge in [0, 0.05) is 30.3 Å². The minimum absolute atomic E-state index is 0.0475. The van der Waals surface area contributed by atoms with E-state index in [1.54, 1.807) is 19.5 Å². The maximum absolute atomic E-state index is 12.6. The molecule has 4 rings (SSSR count). The van der Waals surface area contributed by atoms with Crippen molar-refractivity contribution in [3.63, 3.8) is 0 Å². The average molecular weight is 392 g/mol. The molecular formula is C24H28N2O3. The predicted molar refractivity (Wildman–Crippen MR) is 112 cm³/mol. The van der Waals surface area contributed by atoms with Gasteiger partial charge in [-0.3, -0.25) is 4.98 Å². The van der Waals surface area contributed by atoms with Gasteiger partial charge in [0.1, 0.15) is 11.5 Å². The first-order valence-corrected chi connectivity index (χ1v) is 10.1. The van der Waals surface area contributed by atoms with E-state index < -0.39 is 0 Å². The highest BCUT2D eigenvalue weighted by atomic mass is 16.5. The molecule has 2 aliphatic rings. The maximum Gasteiger partial charge on any atom is 0.345 e. The van der Waals surface area contributed by atoms with Crippen molar-refractivity contribution in [2.24, 2.45) is 0 Å². The number of benzene rings is 1. The normalized spacial score (nSPS) is 24.0. The lowest BCUT2D eigenvalue weighted by molar-refractivity contribution is 0.0578. The maximum atomic E-state index is 12.6. The highest BCUT2D eigenvalue weighted by Crippen LogP contribution is 2.48. The Balaban J connectivity index is 1.60. The Kier molecular flexibility index (Phi) is 5.17. The molecule has 1 saturated heterocycles. The van der Waals surface area contributed by atoms with Gasteiger partial charge in [0.25, 0.3) is 0 Å². The Morgan fingerprint density at radius 3 is 2.79 bits per heavy atom. The van der Waals surface area contributed by atoms with E-state index in [1.807, 2.05) is 13.0 Å². The van der Waals surface area contributed by atoms with Gasteiger partial charge >= 0.3 is 5.97 Å². The molecule has 0 amide bonds. The van der Waals surface area contributed by atoms with Crippen LogP contribution in [0.1, 0.15) is 46.3 Å². The fraction of sp³-hybridized carbons (Fsp3) is 0.417. The number of carbonyl (C=O) groups is 1. The van der Waals surface area contributed by atoms with E-state index in [1.165, 1.54) is 5.56 Å². The van der Waals surface area contributed by atoms with Crippen LogP contribution in [0.4, 0.5) is 0 Å². The van der Waals surface area contributed by atoms with Crippen molar-refractivity contribution in [2.75, 3.05) is 20.7 Å². The zero-order valence-electron chi connectivity index (χ0n) is 17.6. The number of nitrogens with zero attached hydrogens (tertiary/aromatic N) is 2. The number of likely N-dealkylation sites (tertiary alicyclic amines) is 1. The smallest absolute Gasteiger partial charge is 0.345 e. The van der Waals surface area contributed by atoms with Crippen molar-refractivity contribution >= 4 is 5.97 Å². The van der Waals surface area contributed by atoms with Crippen molar-refractivity contribution in [3.8, 4) is 5.75 Å². The molecule has 2 aromatic rings. The molecule has 0 N–H and O–H groups in total. The van der Waals surface area contributed by atoms with Crippen molar-refractivity contribution in [3.05, 3.63) is 70.7 Å². The molecule has 152 valence electrons. The minimum atomic E-state index is -0.324. The van der Waals surface area contributed by atoms with E-state index >= 15 is 0 Å². The molecule has 0 bridgehead atoms. The van der Waals surface area contributed by atoms with E-state index in [-0.39, 0.29) is 11.4 Å². The lowest BCUT2D eigenvalue weighted by Gasteiger charge is -2.41. The van der Waals surface area contributed by atoms with Crippen LogP contribution in [0.2, 0.25) is 0 Å². The molecule has 5 nitrogen and oxygen atoms in total. The Bertz CT molecular complexity index is 968. The first-order chi connectivity index (χ1) is 13.9. The van der Waals surface area contributed by atoms with Crippen molar-refractivity contribution in [2.45, 2.75) is 44.6 Å². The number of methoxy groups -OCH3 is 1. The number of rotatable bonds is 4. The monoisotopic (exact) mass is 392 g/mol. The van der Waals surface area contributed by atoms with E-state index in [9.17, 15) is 4.79 Å². The summed E-state index contributed by atoms with van der Waals surface area (Å²) in [5.74, 6) is 1.36. The van der Waals surface area contributed by atoms with Crippen molar-refractivity contribution in [1.82, 2.24) is 9.88 Å². The van der Waals surface area contributed by atoms with Gasteiger partial charge in [-0.1, -0.05) is 12.1 Å². The number of aryl methyl sites for hydroxylation is 2. The average Bonchev–Trinajstić information content (AvgIpc) is 3.05. The number of carbonyl (C=O) groups excluding carboxylic acids is 1. The zero-order chi connectivity index (χ0) is 20.6. The summed E-state index contributed by atoms with van der Waals surface area (Å²) in [6, 6.07) is 8.65. The van der Waals surface area contributed by atoms with Gasteiger partial charge in [0.05, 0.1) is 12.7 Å². The van der Waals surface area contributed by atoms with Crippen LogP contribution in [0.15, 0.2) is 48.5 Å². The largest absolute Gasteiger partial charge is 0.496 e. The molecule has 29 heavy (non-hydrogen) atoms. The standard InChI is InChI=1S/C24H28N2O3/c1-16-8-11-25-15-20(16)23(27)29-19-7-9-24(10-12-26(3)22(24)14-19)18-5-6-21(28-4)17(2)13-18/h5-8,11,13,15,22H,9-10,12,14H2,1-4H3. The highest BCUT2D eigenvalue weighted by Gasteiger charge is 2.49. The number of likely N-dealkylation sites (N-methyl/N-ethyl adjacent to an activating group) is 1. The second-order valence-corrected chi connectivity index (χ2v) is 8.25. The molecule has 0 spiro atoms. The molecule has 1 fully saturated rings. The second-order valence-electron chi connectivity index (χ2n) is 8.25. The Labute approximate surface area is 172 Å². The van der Waals surface area contributed by atoms with Gasteiger partial charge in [0.15, 0.2) is 0 Å². The fourth-order valence-corrected chi connectivity index (χ4v) is 4.86. The third-order valence-corrected chi connectivity index (χ3v) is 6.62. The summed E-state index contributed by atoms with van der Waals surface area (Å²) in [5, 5.41) is 0. The molecule has 5 heteroatoms. The number of fused-ring (bicyclic) bond motifs is 1. The van der Waals surface area contributed by atoms with Crippen LogP contribution in [0.5, 0.6) is 5.75 Å². The van der Waals surface area contributed by atoms with E-state index in [2.05, 4.69) is 48.1 Å². The quantitative estimate of drug-likeness (QED) is 0.731. The summed E-state index contributed by atoms with van der Waals surface area (Å²) in [7, 11) is 3.87. The van der Waals surface area contributed by atoms with Crippen molar-refractivity contribution in [1.29, 1.82) is 0 Å². The zero-order valence-corrected chi connectivity index (χ0v) is 17.6. The van der Waals surface area contributed by atoms with Gasteiger partial charge < -0.3 is 14.4 Å². The van der Waals surface area contributed by atoms with Crippen LogP contribution in [0.25, 0.3) is 0 Å². The molecule has 1 aliphatic carbocycles. The van der Waals surface area contributed by atoms with Gasteiger partial charge in [-0.2, -0.15) is 0 Å². The third kappa shape index (κ3) is 3.44. The SMILES string of the molecule is COc1ccc(C23CC=C(OC(=O)c4cnccc4C)CC2N(C)CC3)cc1C. The first kappa shape index (κ1) is 19.6. The van der Waals surface area contributed by atoms with Crippen LogP contribution < -0.4 is 4.74 Å². The highest BCUT2D eigenvalue weighted by molar-refractivity contribution is 5.91. The Morgan fingerprint density at radius 1 is 1.24 bits per heavy atom. The van der Waals surface area contributed by atoms with Crippen molar-refractivity contribution < 1.29 is 14.3 Å². The number of hydrogen-bond acceptors (Lipinski definition) is 5. The lowest BCUT2D eigenvalue weighted by Crippen LogP contribution is -2.43. The van der Waals surface area contributed by atoms with Crippen LogP contribution in [-0.4, -0.2) is 42.6 Å². The molecule has 2 unspecified atom stereocenters. The molecule has 0 radical (unpaired) electrons. The fourth-order valence-electron chi connectivity index (χ4n) is 4.86. The predicted octanol–water partition coefficient (Wildman–Crippen LogP) is 4.18. The van der Waals surface area contributed by atoms with Gasteiger partial charge in [-0.25, -0.2) is 4.79 Å². The molecule has 0 saturated carbocycles. The lowest BCUT2D eigenvalue weighted by atomic mass is 9.68. The molecule has 1 aromatic heterocycles. The number of ether oxygens (including phenoxy) is 2. The molecule has 1 aliphatic heterocycles. The van der Waals surface area contributed by atoms with E-state index in [0.29, 0.717) is 11.6 Å². The minimum Gasteiger partial charge on any atom is -0.496 e. The number of allylic oxidation sites excluding steroid dienone is 1. The van der Waals surface area contributed by atoms with Gasteiger partial charge in [-0.15, -0.1) is 0 Å². The molecule has 1 aromatic carbocycles. The molecular weight excluding hydrogens is 364 g/mol. The number of aromatic nitrogens is 1. The van der Waals surface area contributed by atoms with Crippen LogP contribution in [0, 0.1) is 13.8 Å². The Hall–Kier alpha value is -2.66. The Morgan fingerprint density at radius 2 is 2.07 bits per heavy atom. The number of pyridine rings is 1. The molecule has 2 heterocycles. The van der Waals surface area contributed by atoms with Gasteiger partial charge in [-0.05, 0) is 75.2 Å².